The average molecular weight is 207 g/mol. The van der Waals surface area contributed by atoms with E-state index in [1.54, 1.807) is 0 Å². The molecule has 0 aromatic heterocycles. The molecule has 1 heteroatoms. The minimum absolute atomic E-state index is 0.135. The van der Waals surface area contributed by atoms with E-state index in [0.29, 0.717) is 5.92 Å². The van der Waals surface area contributed by atoms with Crippen LogP contribution in [0.3, 0.4) is 0 Å². The van der Waals surface area contributed by atoms with Crippen LogP contribution in [0.2, 0.25) is 0 Å². The van der Waals surface area contributed by atoms with Crippen LogP contribution in [0, 0.1) is 11.3 Å². The van der Waals surface area contributed by atoms with Gasteiger partial charge < -0.3 is 4.90 Å². The third-order valence-corrected chi connectivity index (χ3v) is 3.53. The van der Waals surface area contributed by atoms with Crippen LogP contribution in [-0.2, 0) is 0 Å². The molecule has 1 fully saturated rings. The zero-order valence-corrected chi connectivity index (χ0v) is 10.8. The fourth-order valence-electron chi connectivity index (χ4n) is 2.21. The van der Waals surface area contributed by atoms with Gasteiger partial charge in [0.2, 0.25) is 0 Å². The van der Waals surface area contributed by atoms with Gasteiger partial charge in [-0.2, -0.15) is 0 Å². The summed E-state index contributed by atoms with van der Waals surface area (Å²) in [6.45, 7) is 15.0. The summed E-state index contributed by atoms with van der Waals surface area (Å²) in [5, 5.41) is 0. The summed E-state index contributed by atoms with van der Waals surface area (Å²) in [5.74, 6) is 0.689. The highest BCUT2D eigenvalue weighted by atomic mass is 15.1. The van der Waals surface area contributed by atoms with E-state index in [-0.39, 0.29) is 5.41 Å². The van der Waals surface area contributed by atoms with Gasteiger partial charge in [-0.1, -0.05) is 46.8 Å². The second kappa shape index (κ2) is 4.42. The highest BCUT2D eigenvalue weighted by Gasteiger charge is 2.25. The molecule has 15 heavy (non-hydrogen) atoms. The van der Waals surface area contributed by atoms with Crippen molar-refractivity contribution in [3.05, 3.63) is 24.6 Å². The molecule has 1 rings (SSSR count). The molecule has 0 unspecified atom stereocenters. The third kappa shape index (κ3) is 2.87. The minimum atomic E-state index is 0.135. The zero-order valence-electron chi connectivity index (χ0n) is 10.8. The van der Waals surface area contributed by atoms with Crippen molar-refractivity contribution in [3.8, 4) is 0 Å². The van der Waals surface area contributed by atoms with E-state index in [4.69, 9.17) is 0 Å². The highest BCUT2D eigenvalue weighted by Crippen LogP contribution is 2.35. The lowest BCUT2D eigenvalue weighted by Crippen LogP contribution is -2.27. The van der Waals surface area contributed by atoms with Gasteiger partial charge in [-0.3, -0.25) is 0 Å². The van der Waals surface area contributed by atoms with Gasteiger partial charge in [0.05, 0.1) is 0 Å². The topological polar surface area (TPSA) is 3.24 Å². The first-order valence-corrected chi connectivity index (χ1v) is 5.96. The van der Waals surface area contributed by atoms with Crippen molar-refractivity contribution in [1.82, 2.24) is 4.90 Å². The second-order valence-electron chi connectivity index (χ2n) is 5.73. The molecule has 0 saturated heterocycles. The molecular weight excluding hydrogens is 182 g/mol. The van der Waals surface area contributed by atoms with Crippen LogP contribution >= 0.6 is 0 Å². The van der Waals surface area contributed by atoms with Gasteiger partial charge in [-0.25, -0.2) is 0 Å². The molecule has 86 valence electrons. The van der Waals surface area contributed by atoms with Gasteiger partial charge >= 0.3 is 0 Å². The number of hydrogen-bond acceptors (Lipinski definition) is 1. The smallest absolute Gasteiger partial charge is 0.0155 e. The second-order valence-corrected chi connectivity index (χ2v) is 5.73. The Bertz CT molecular complexity index is 251. The lowest BCUT2D eigenvalue weighted by Gasteiger charge is -2.34. The average Bonchev–Trinajstić information content (AvgIpc) is 2.65. The molecule has 0 atom stereocenters. The third-order valence-electron chi connectivity index (χ3n) is 3.53. The van der Waals surface area contributed by atoms with Crippen molar-refractivity contribution in [3.63, 3.8) is 0 Å². The molecule has 1 aliphatic rings. The summed E-state index contributed by atoms with van der Waals surface area (Å²) >= 11 is 0. The fraction of sp³-hybridized carbons (Fsp3) is 0.714. The van der Waals surface area contributed by atoms with Crippen molar-refractivity contribution < 1.29 is 0 Å². The zero-order chi connectivity index (χ0) is 11.6. The maximum absolute atomic E-state index is 4.24. The number of nitrogens with zero attached hydrogens (tertiary/aromatic N) is 1. The molecule has 0 heterocycles. The Labute approximate surface area is 94.9 Å². The summed E-state index contributed by atoms with van der Waals surface area (Å²) in [7, 11) is 2.11. The van der Waals surface area contributed by atoms with Gasteiger partial charge in [-0.15, -0.1) is 0 Å². The van der Waals surface area contributed by atoms with Gasteiger partial charge in [-0.05, 0) is 18.8 Å². The molecule has 1 nitrogen and oxygen atoms in total. The summed E-state index contributed by atoms with van der Waals surface area (Å²) in [6, 6.07) is 0. The first kappa shape index (κ1) is 12.4. The van der Waals surface area contributed by atoms with Gasteiger partial charge in [0, 0.05) is 23.9 Å². The molecule has 0 aliphatic heterocycles. The first-order chi connectivity index (χ1) is 6.84. The molecule has 0 amide bonds. The number of allylic oxidation sites excluding steroid dienone is 2. The molecule has 1 aliphatic carbocycles. The maximum Gasteiger partial charge on any atom is 0.0155 e. The Morgan fingerprint density at radius 2 is 1.60 bits per heavy atom. The Morgan fingerprint density at radius 3 is 2.00 bits per heavy atom. The standard InChI is InChI=1S/C14H25N/c1-11(13-9-7-8-10-13)15(6)12(2)14(3,4)5/h13H,1-2,7-10H2,3-6H3. The van der Waals surface area contributed by atoms with E-state index in [2.05, 4.69) is 45.9 Å². The predicted octanol–water partition coefficient (Wildman–Crippen LogP) is 4.18. The minimum Gasteiger partial charge on any atom is -0.352 e. The Hall–Kier alpha value is -0.720. The number of hydrogen-bond donors (Lipinski definition) is 0. The normalized spacial score (nSPS) is 17.9. The van der Waals surface area contributed by atoms with Crippen LogP contribution in [0.15, 0.2) is 24.6 Å². The molecule has 0 bridgehead atoms. The molecule has 0 N–H and O–H groups in total. The van der Waals surface area contributed by atoms with Crippen LogP contribution in [0.5, 0.6) is 0 Å². The van der Waals surface area contributed by atoms with Gasteiger partial charge in [0.25, 0.3) is 0 Å². The Morgan fingerprint density at radius 1 is 1.13 bits per heavy atom. The highest BCUT2D eigenvalue weighted by molar-refractivity contribution is 5.14. The largest absolute Gasteiger partial charge is 0.352 e. The van der Waals surface area contributed by atoms with E-state index in [1.807, 2.05) is 0 Å². The van der Waals surface area contributed by atoms with Crippen molar-refractivity contribution in [2.75, 3.05) is 7.05 Å². The van der Waals surface area contributed by atoms with Crippen molar-refractivity contribution in [1.29, 1.82) is 0 Å². The van der Waals surface area contributed by atoms with E-state index in [0.717, 1.165) is 0 Å². The van der Waals surface area contributed by atoms with Gasteiger partial charge in [0.15, 0.2) is 0 Å². The summed E-state index contributed by atoms with van der Waals surface area (Å²) in [4.78, 5) is 2.20. The Kier molecular flexibility index (Phi) is 3.64. The molecule has 0 aromatic rings. The predicted molar refractivity (Wildman–Crippen MR) is 67.5 cm³/mol. The molecule has 0 radical (unpaired) electrons. The summed E-state index contributed by atoms with van der Waals surface area (Å²) in [6.07, 6.45) is 5.33. The van der Waals surface area contributed by atoms with Crippen LogP contribution in [0.25, 0.3) is 0 Å². The first-order valence-electron chi connectivity index (χ1n) is 5.96. The Balaban J connectivity index is 2.63. The van der Waals surface area contributed by atoms with Crippen molar-refractivity contribution >= 4 is 0 Å². The summed E-state index contributed by atoms with van der Waals surface area (Å²) in [5.41, 5.74) is 2.56. The SMILES string of the molecule is C=C(C1CCCC1)N(C)C(=C)C(C)(C)C. The van der Waals surface area contributed by atoms with Gasteiger partial charge in [0.1, 0.15) is 0 Å². The number of rotatable bonds is 3. The van der Waals surface area contributed by atoms with Crippen LogP contribution in [0.4, 0.5) is 0 Å². The fourth-order valence-corrected chi connectivity index (χ4v) is 2.21. The summed E-state index contributed by atoms with van der Waals surface area (Å²) < 4.78 is 0. The van der Waals surface area contributed by atoms with Crippen LogP contribution < -0.4 is 0 Å². The quantitative estimate of drug-likeness (QED) is 0.671. The van der Waals surface area contributed by atoms with E-state index in [9.17, 15) is 0 Å². The molecule has 1 saturated carbocycles. The lowest BCUT2D eigenvalue weighted by atomic mass is 9.91. The molecular formula is C14H25N. The van der Waals surface area contributed by atoms with Crippen LogP contribution in [0.1, 0.15) is 46.5 Å². The molecule has 0 spiro atoms. The van der Waals surface area contributed by atoms with Crippen molar-refractivity contribution in [2.24, 2.45) is 11.3 Å². The van der Waals surface area contributed by atoms with E-state index < -0.39 is 0 Å². The molecule has 0 aromatic carbocycles. The lowest BCUT2D eigenvalue weighted by molar-refractivity contribution is 0.331. The van der Waals surface area contributed by atoms with Crippen molar-refractivity contribution in [2.45, 2.75) is 46.5 Å². The van der Waals surface area contributed by atoms with E-state index >= 15 is 0 Å². The van der Waals surface area contributed by atoms with Crippen LogP contribution in [-0.4, -0.2) is 11.9 Å². The monoisotopic (exact) mass is 207 g/mol. The maximum atomic E-state index is 4.24. The van der Waals surface area contributed by atoms with E-state index in [1.165, 1.54) is 37.1 Å².